The Hall–Kier alpha value is -3.55. The average molecular weight is 547 g/mol. The molecule has 4 rings (SSSR count). The highest BCUT2D eigenvalue weighted by Gasteiger charge is 2.31. The van der Waals surface area contributed by atoms with Crippen LogP contribution in [0.5, 0.6) is 17.2 Å². The van der Waals surface area contributed by atoms with E-state index in [4.69, 9.17) is 19.2 Å². The fraction of sp³-hybridized carbons (Fsp3) is 0.480. The molecule has 2 aromatic rings. The lowest BCUT2D eigenvalue weighted by Crippen LogP contribution is -2.51. The van der Waals surface area contributed by atoms with Crippen molar-refractivity contribution in [3.05, 3.63) is 40.2 Å². The Morgan fingerprint density at radius 3 is 2.42 bits per heavy atom. The molecular weight excluding hydrogens is 512 g/mol. The van der Waals surface area contributed by atoms with E-state index in [2.05, 4.69) is 25.8 Å². The van der Waals surface area contributed by atoms with Gasteiger partial charge in [-0.25, -0.2) is 14.8 Å². The zero-order valence-corrected chi connectivity index (χ0v) is 22.9. The van der Waals surface area contributed by atoms with Crippen LogP contribution in [0.3, 0.4) is 0 Å². The summed E-state index contributed by atoms with van der Waals surface area (Å²) in [7, 11) is 4.71. The molecule has 2 aliphatic heterocycles. The van der Waals surface area contributed by atoms with Gasteiger partial charge in [-0.2, -0.15) is 0 Å². The number of ether oxygens (including phenoxy) is 3. The fourth-order valence-electron chi connectivity index (χ4n) is 4.41. The Kier molecular flexibility index (Phi) is 8.29. The van der Waals surface area contributed by atoms with Crippen LogP contribution in [-0.2, 0) is 6.54 Å². The molecule has 1 aromatic carbocycles. The number of hydrogen-bond donors (Lipinski definition) is 5. The molecule has 0 spiro atoms. The molecular formula is C25H34N6O6S. The lowest BCUT2D eigenvalue weighted by Gasteiger charge is -2.38. The van der Waals surface area contributed by atoms with E-state index < -0.39 is 11.6 Å². The summed E-state index contributed by atoms with van der Waals surface area (Å²) in [5.74, 6) is 1.88. The number of rotatable bonds is 9. The van der Waals surface area contributed by atoms with E-state index >= 15 is 0 Å². The van der Waals surface area contributed by atoms with Crippen molar-refractivity contribution in [1.82, 2.24) is 20.5 Å². The standard InChI is InChI=1S/C25H34N6O6S/c1-14-21(22(33)34)38-24(27-14)29-23-28-19(31-8-6-16(32)7-9-31)12-25(2,30-23)26-13-15-10-17(35-3)20(37-5)18(11-15)36-4/h10-12,16,26,32H,6-9,13H2,1-5H3,(H,33,34)(H2,27,28,29,30). The van der Waals surface area contributed by atoms with Crippen molar-refractivity contribution in [3.8, 4) is 17.2 Å². The van der Waals surface area contributed by atoms with Gasteiger partial charge in [0.05, 0.1) is 33.1 Å². The van der Waals surface area contributed by atoms with E-state index in [0.717, 1.165) is 22.7 Å². The molecule has 1 fully saturated rings. The highest BCUT2D eigenvalue weighted by atomic mass is 32.1. The Morgan fingerprint density at radius 1 is 1.21 bits per heavy atom. The summed E-state index contributed by atoms with van der Waals surface area (Å²) in [6.07, 6.45) is 3.03. The minimum atomic E-state index is -1.02. The SMILES string of the molecule is COc1cc(CNC2(C)C=C(N3CCC(O)CC3)NC(Nc3nc(C)c(C(=O)O)s3)=N2)cc(OC)c1OC. The molecule has 12 nitrogen and oxygen atoms in total. The zero-order chi connectivity index (χ0) is 27.4. The first kappa shape index (κ1) is 27.5. The number of aliphatic hydroxyl groups excluding tert-OH is 1. The number of anilines is 1. The van der Waals surface area contributed by atoms with E-state index in [1.165, 1.54) is 0 Å². The lowest BCUT2D eigenvalue weighted by atomic mass is 10.1. The second-order valence-electron chi connectivity index (χ2n) is 9.23. The van der Waals surface area contributed by atoms with Crippen LogP contribution in [0.2, 0.25) is 0 Å². The molecule has 0 aliphatic carbocycles. The van der Waals surface area contributed by atoms with Crippen molar-refractivity contribution < 1.29 is 29.2 Å². The summed E-state index contributed by atoms with van der Waals surface area (Å²) in [5, 5.41) is 29.8. The monoisotopic (exact) mass is 546 g/mol. The number of nitrogens with zero attached hydrogens (tertiary/aromatic N) is 3. The first-order valence-electron chi connectivity index (χ1n) is 12.2. The maximum absolute atomic E-state index is 11.5. The van der Waals surface area contributed by atoms with Crippen LogP contribution in [0, 0.1) is 6.92 Å². The van der Waals surface area contributed by atoms with Gasteiger partial charge in [0.15, 0.2) is 16.6 Å². The number of carbonyl (C=O) groups is 1. The topological polar surface area (TPSA) is 150 Å². The normalized spacial score (nSPS) is 19.8. The number of carboxylic acids is 1. The van der Waals surface area contributed by atoms with Gasteiger partial charge in [-0.3, -0.25) is 5.32 Å². The Labute approximate surface area is 225 Å². The van der Waals surface area contributed by atoms with Crippen LogP contribution in [0.15, 0.2) is 29.0 Å². The zero-order valence-electron chi connectivity index (χ0n) is 22.1. The van der Waals surface area contributed by atoms with Gasteiger partial charge in [-0.05, 0) is 50.5 Å². The first-order valence-corrected chi connectivity index (χ1v) is 13.0. The van der Waals surface area contributed by atoms with Gasteiger partial charge < -0.3 is 40.0 Å². The Balaban J connectivity index is 1.61. The molecule has 0 amide bonds. The van der Waals surface area contributed by atoms with Crippen molar-refractivity contribution in [2.75, 3.05) is 39.7 Å². The van der Waals surface area contributed by atoms with Crippen LogP contribution in [0.1, 0.15) is 40.7 Å². The lowest BCUT2D eigenvalue weighted by molar-refractivity contribution is 0.0701. The van der Waals surface area contributed by atoms with Gasteiger partial charge in [0.1, 0.15) is 16.4 Å². The number of aryl methyl sites for hydroxylation is 1. The van der Waals surface area contributed by atoms with Gasteiger partial charge in [-0.1, -0.05) is 11.3 Å². The van der Waals surface area contributed by atoms with Crippen molar-refractivity contribution >= 4 is 28.4 Å². The molecule has 0 saturated carbocycles. The summed E-state index contributed by atoms with van der Waals surface area (Å²) in [5.41, 5.74) is 0.508. The molecule has 38 heavy (non-hydrogen) atoms. The number of aliphatic imine (C=N–C) groups is 1. The van der Waals surface area contributed by atoms with Crippen LogP contribution in [0.4, 0.5) is 5.13 Å². The van der Waals surface area contributed by atoms with Crippen molar-refractivity contribution in [2.24, 2.45) is 4.99 Å². The van der Waals surface area contributed by atoms with E-state index in [1.807, 2.05) is 25.1 Å². The molecule has 1 aromatic heterocycles. The van der Waals surface area contributed by atoms with Crippen molar-refractivity contribution in [3.63, 3.8) is 0 Å². The van der Waals surface area contributed by atoms with E-state index in [-0.39, 0.29) is 11.0 Å². The maximum atomic E-state index is 11.5. The number of benzene rings is 1. The minimum absolute atomic E-state index is 0.174. The molecule has 1 saturated heterocycles. The largest absolute Gasteiger partial charge is 0.493 e. The number of guanidine groups is 1. The summed E-state index contributed by atoms with van der Waals surface area (Å²) < 4.78 is 16.4. The number of carboxylic acid groups (broad SMARTS) is 1. The molecule has 206 valence electrons. The highest BCUT2D eigenvalue weighted by molar-refractivity contribution is 7.17. The van der Waals surface area contributed by atoms with E-state index in [9.17, 15) is 15.0 Å². The number of thiazole rings is 1. The van der Waals surface area contributed by atoms with Gasteiger partial charge >= 0.3 is 5.97 Å². The Bertz CT molecular complexity index is 1210. The molecule has 1 unspecified atom stereocenters. The van der Waals surface area contributed by atoms with Crippen LogP contribution in [-0.4, -0.2) is 78.2 Å². The predicted molar refractivity (Wildman–Crippen MR) is 144 cm³/mol. The first-order chi connectivity index (χ1) is 18.1. The number of nitrogens with one attached hydrogen (secondary N) is 3. The maximum Gasteiger partial charge on any atom is 0.347 e. The third-order valence-electron chi connectivity index (χ3n) is 6.40. The Morgan fingerprint density at radius 2 is 1.87 bits per heavy atom. The minimum Gasteiger partial charge on any atom is -0.493 e. The number of aliphatic hydroxyl groups is 1. The summed E-state index contributed by atoms with van der Waals surface area (Å²) in [6.45, 7) is 5.42. The number of aromatic carboxylic acids is 1. The molecule has 13 heteroatoms. The molecule has 0 radical (unpaired) electrons. The van der Waals surface area contributed by atoms with E-state index in [0.29, 0.717) is 66.5 Å². The van der Waals surface area contributed by atoms with Crippen molar-refractivity contribution in [1.29, 1.82) is 0 Å². The summed E-state index contributed by atoms with van der Waals surface area (Å²) in [6, 6.07) is 3.76. The third-order valence-corrected chi connectivity index (χ3v) is 7.47. The number of hydrogen-bond acceptors (Lipinski definition) is 12. The third kappa shape index (κ3) is 6.11. The number of aromatic nitrogens is 1. The molecule has 5 N–H and O–H groups in total. The summed E-state index contributed by atoms with van der Waals surface area (Å²) >= 11 is 1.05. The van der Waals surface area contributed by atoms with Crippen LogP contribution in [0.25, 0.3) is 0 Å². The molecule has 1 atom stereocenters. The van der Waals surface area contributed by atoms with Gasteiger partial charge in [0, 0.05) is 19.6 Å². The molecule has 2 aliphatic rings. The van der Waals surface area contributed by atoms with E-state index in [1.54, 1.807) is 28.3 Å². The number of likely N-dealkylation sites (tertiary alicyclic amines) is 1. The highest BCUT2D eigenvalue weighted by Crippen LogP contribution is 2.38. The average Bonchev–Trinajstić information content (AvgIpc) is 3.26. The second kappa shape index (κ2) is 11.5. The van der Waals surface area contributed by atoms with Crippen molar-refractivity contribution in [2.45, 2.75) is 45.0 Å². The quantitative estimate of drug-likeness (QED) is 0.315. The molecule has 0 bridgehead atoms. The van der Waals surface area contributed by atoms with Gasteiger partial charge in [-0.15, -0.1) is 0 Å². The van der Waals surface area contributed by atoms with Gasteiger partial charge in [0.2, 0.25) is 11.7 Å². The fourth-order valence-corrected chi connectivity index (χ4v) is 5.22. The van der Waals surface area contributed by atoms with Crippen LogP contribution < -0.4 is 30.2 Å². The smallest absolute Gasteiger partial charge is 0.347 e. The second-order valence-corrected chi connectivity index (χ2v) is 10.2. The summed E-state index contributed by atoms with van der Waals surface area (Å²) in [4.78, 5) is 23.0. The molecule has 3 heterocycles. The number of piperidine rings is 1. The van der Waals surface area contributed by atoms with Gasteiger partial charge in [0.25, 0.3) is 0 Å². The predicted octanol–water partition coefficient (Wildman–Crippen LogP) is 2.35. The van der Waals surface area contributed by atoms with Crippen LogP contribution >= 0.6 is 11.3 Å². The number of methoxy groups -OCH3 is 3.